The molecule has 1 aromatic carbocycles. The van der Waals surface area contributed by atoms with Gasteiger partial charge >= 0.3 is 0 Å². The Bertz CT molecular complexity index is 863. The molecule has 2 aliphatic rings. The average molecular weight is 363 g/mol. The van der Waals surface area contributed by atoms with Crippen molar-refractivity contribution in [1.82, 2.24) is 14.3 Å². The van der Waals surface area contributed by atoms with Crippen LogP contribution in [0.1, 0.15) is 18.7 Å². The summed E-state index contributed by atoms with van der Waals surface area (Å²) >= 11 is 0. The fourth-order valence-electron chi connectivity index (χ4n) is 3.23. The van der Waals surface area contributed by atoms with Gasteiger partial charge in [-0.1, -0.05) is 0 Å². The zero-order valence-corrected chi connectivity index (χ0v) is 14.7. The third kappa shape index (κ3) is 3.50. The van der Waals surface area contributed by atoms with Gasteiger partial charge in [0.1, 0.15) is 5.82 Å². The van der Waals surface area contributed by atoms with Crippen molar-refractivity contribution < 1.29 is 17.9 Å². The number of fused-ring (bicyclic) bond motifs is 2. The molecule has 0 saturated heterocycles. The molecule has 25 heavy (non-hydrogen) atoms. The van der Waals surface area contributed by atoms with E-state index in [9.17, 15) is 8.42 Å². The molecule has 0 radical (unpaired) electrons. The molecule has 1 unspecified atom stereocenters. The van der Waals surface area contributed by atoms with E-state index in [2.05, 4.69) is 14.3 Å². The first-order valence-electron chi connectivity index (χ1n) is 8.51. The highest BCUT2D eigenvalue weighted by Gasteiger charge is 2.23. The van der Waals surface area contributed by atoms with Crippen LogP contribution in [-0.2, 0) is 23.0 Å². The van der Waals surface area contributed by atoms with E-state index in [1.54, 1.807) is 18.3 Å². The van der Waals surface area contributed by atoms with Gasteiger partial charge in [-0.05, 0) is 24.5 Å². The zero-order valence-electron chi connectivity index (χ0n) is 13.8. The fraction of sp³-hybridized carbons (Fsp3) is 0.471. The third-order valence-electron chi connectivity index (χ3n) is 4.62. The van der Waals surface area contributed by atoms with Gasteiger partial charge in [-0.3, -0.25) is 0 Å². The lowest BCUT2D eigenvalue weighted by molar-refractivity contribution is 0.297. The summed E-state index contributed by atoms with van der Waals surface area (Å²) in [4.78, 5) is 4.50. The van der Waals surface area contributed by atoms with E-state index in [4.69, 9.17) is 9.47 Å². The summed E-state index contributed by atoms with van der Waals surface area (Å²) in [7, 11) is -3.58. The standard InChI is InChI=1S/C17H21N3O4S/c21-25(22,14-3-4-15-16(10-14)24-9-1-8-23-15)19-11-13-2-5-17-18-6-7-20(17)12-13/h3-4,6-7,10,13,19H,1-2,5,8-9,11-12H2. The van der Waals surface area contributed by atoms with E-state index in [0.29, 0.717) is 31.3 Å². The highest BCUT2D eigenvalue weighted by atomic mass is 32.2. The Kier molecular flexibility index (Phi) is 4.39. The number of rotatable bonds is 4. The van der Waals surface area contributed by atoms with Crippen LogP contribution in [0.15, 0.2) is 35.5 Å². The van der Waals surface area contributed by atoms with Crippen molar-refractivity contribution in [2.75, 3.05) is 19.8 Å². The first-order chi connectivity index (χ1) is 12.1. The van der Waals surface area contributed by atoms with E-state index in [1.165, 1.54) is 6.07 Å². The molecule has 0 amide bonds. The van der Waals surface area contributed by atoms with Gasteiger partial charge in [-0.15, -0.1) is 0 Å². The van der Waals surface area contributed by atoms with E-state index >= 15 is 0 Å². The van der Waals surface area contributed by atoms with Gasteiger partial charge in [-0.25, -0.2) is 18.1 Å². The number of aromatic nitrogens is 2. The molecule has 1 aromatic heterocycles. The summed E-state index contributed by atoms with van der Waals surface area (Å²) in [6, 6.07) is 4.76. The predicted octanol–water partition coefficient (Wildman–Crippen LogP) is 1.59. The molecule has 1 N–H and O–H groups in total. The number of hydrogen-bond donors (Lipinski definition) is 1. The Balaban J connectivity index is 1.44. The Morgan fingerprint density at radius 3 is 2.96 bits per heavy atom. The molecule has 7 nitrogen and oxygen atoms in total. The van der Waals surface area contributed by atoms with Gasteiger partial charge in [0.2, 0.25) is 10.0 Å². The largest absolute Gasteiger partial charge is 0.490 e. The van der Waals surface area contributed by atoms with Crippen LogP contribution in [0.3, 0.4) is 0 Å². The van der Waals surface area contributed by atoms with E-state index in [1.807, 2.05) is 6.20 Å². The molecule has 0 bridgehead atoms. The number of aryl methyl sites for hydroxylation is 1. The molecule has 4 rings (SSSR count). The molecule has 0 saturated carbocycles. The number of sulfonamides is 1. The van der Waals surface area contributed by atoms with Crippen molar-refractivity contribution in [3.8, 4) is 11.5 Å². The summed E-state index contributed by atoms with van der Waals surface area (Å²) in [6.45, 7) is 2.31. The minimum atomic E-state index is -3.58. The second-order valence-electron chi connectivity index (χ2n) is 6.41. The van der Waals surface area contributed by atoms with Gasteiger partial charge in [0.15, 0.2) is 11.5 Å². The van der Waals surface area contributed by atoms with E-state index in [0.717, 1.165) is 31.6 Å². The van der Waals surface area contributed by atoms with Gasteiger partial charge in [-0.2, -0.15) is 0 Å². The highest BCUT2D eigenvalue weighted by Crippen LogP contribution is 2.32. The van der Waals surface area contributed by atoms with Crippen LogP contribution in [0.2, 0.25) is 0 Å². The summed E-state index contributed by atoms with van der Waals surface area (Å²) in [5.74, 6) is 2.41. The smallest absolute Gasteiger partial charge is 0.240 e. The number of nitrogens with one attached hydrogen (secondary N) is 1. The molecule has 2 aromatic rings. The van der Waals surface area contributed by atoms with Crippen molar-refractivity contribution in [2.45, 2.75) is 30.7 Å². The minimum Gasteiger partial charge on any atom is -0.490 e. The second-order valence-corrected chi connectivity index (χ2v) is 8.18. The Hall–Kier alpha value is -2.06. The van der Waals surface area contributed by atoms with Gasteiger partial charge in [0, 0.05) is 44.4 Å². The number of nitrogens with zero attached hydrogens (tertiary/aromatic N) is 2. The van der Waals surface area contributed by atoms with Crippen LogP contribution in [0.5, 0.6) is 11.5 Å². The van der Waals surface area contributed by atoms with Crippen LogP contribution in [0, 0.1) is 5.92 Å². The molecule has 0 aliphatic carbocycles. The van der Waals surface area contributed by atoms with Crippen LogP contribution in [-0.4, -0.2) is 37.7 Å². The summed E-state index contributed by atoms with van der Waals surface area (Å²) in [5, 5.41) is 0. The Morgan fingerprint density at radius 2 is 2.08 bits per heavy atom. The highest BCUT2D eigenvalue weighted by molar-refractivity contribution is 7.89. The molecule has 2 aliphatic heterocycles. The maximum absolute atomic E-state index is 12.6. The number of hydrogen-bond acceptors (Lipinski definition) is 5. The molecular weight excluding hydrogens is 342 g/mol. The maximum Gasteiger partial charge on any atom is 0.240 e. The lowest BCUT2D eigenvalue weighted by atomic mass is 10.00. The zero-order chi connectivity index (χ0) is 17.3. The molecule has 0 fully saturated rings. The average Bonchev–Trinajstić information content (AvgIpc) is 2.95. The Labute approximate surface area is 147 Å². The van der Waals surface area contributed by atoms with Crippen molar-refractivity contribution in [2.24, 2.45) is 5.92 Å². The number of imidazole rings is 1. The van der Waals surface area contributed by atoms with Gasteiger partial charge in [0.25, 0.3) is 0 Å². The van der Waals surface area contributed by atoms with Crippen LogP contribution in [0.4, 0.5) is 0 Å². The number of ether oxygens (including phenoxy) is 2. The topological polar surface area (TPSA) is 82.5 Å². The van der Waals surface area contributed by atoms with Crippen LogP contribution < -0.4 is 14.2 Å². The lowest BCUT2D eigenvalue weighted by Crippen LogP contribution is -2.33. The van der Waals surface area contributed by atoms with Gasteiger partial charge < -0.3 is 14.0 Å². The van der Waals surface area contributed by atoms with Crippen molar-refractivity contribution in [1.29, 1.82) is 0 Å². The third-order valence-corrected chi connectivity index (χ3v) is 6.05. The predicted molar refractivity (Wildman–Crippen MR) is 91.3 cm³/mol. The van der Waals surface area contributed by atoms with Crippen molar-refractivity contribution >= 4 is 10.0 Å². The minimum absolute atomic E-state index is 0.205. The van der Waals surface area contributed by atoms with Gasteiger partial charge in [0.05, 0.1) is 18.1 Å². The maximum atomic E-state index is 12.6. The van der Waals surface area contributed by atoms with Crippen LogP contribution >= 0.6 is 0 Å². The molecular formula is C17H21N3O4S. The quantitative estimate of drug-likeness (QED) is 0.892. The van der Waals surface area contributed by atoms with Crippen molar-refractivity contribution in [3.05, 3.63) is 36.4 Å². The first kappa shape index (κ1) is 16.4. The fourth-order valence-corrected chi connectivity index (χ4v) is 4.36. The Morgan fingerprint density at radius 1 is 1.24 bits per heavy atom. The molecule has 8 heteroatoms. The van der Waals surface area contributed by atoms with Crippen molar-refractivity contribution in [3.63, 3.8) is 0 Å². The summed E-state index contributed by atoms with van der Waals surface area (Å²) in [5.41, 5.74) is 0. The molecule has 3 heterocycles. The van der Waals surface area contributed by atoms with E-state index < -0.39 is 10.0 Å². The normalized spacial score (nSPS) is 19.9. The first-order valence-corrected chi connectivity index (χ1v) is 9.99. The molecule has 0 spiro atoms. The lowest BCUT2D eigenvalue weighted by Gasteiger charge is -2.24. The SMILES string of the molecule is O=S(=O)(NCC1CCc2nccn2C1)c1ccc2c(c1)OCCCO2. The monoisotopic (exact) mass is 363 g/mol. The molecule has 134 valence electrons. The number of benzene rings is 1. The summed E-state index contributed by atoms with van der Waals surface area (Å²) < 4.78 is 41.2. The summed E-state index contributed by atoms with van der Waals surface area (Å²) in [6.07, 6.45) is 6.33. The molecule has 1 atom stereocenters. The van der Waals surface area contributed by atoms with E-state index in [-0.39, 0.29) is 10.8 Å². The van der Waals surface area contributed by atoms with Crippen LogP contribution in [0.25, 0.3) is 0 Å². The second kappa shape index (κ2) is 6.68.